The topological polar surface area (TPSA) is 3.24 Å². The maximum atomic E-state index is 16.9. The lowest BCUT2D eigenvalue weighted by Crippen LogP contribution is -2.33. The molecule has 0 bridgehead atoms. The first kappa shape index (κ1) is 41.4. The molecule has 322 valence electrons. The van der Waals surface area contributed by atoms with E-state index in [0.29, 0.717) is 39.1 Å². The van der Waals surface area contributed by atoms with Crippen molar-refractivity contribution in [3.05, 3.63) is 282 Å². The summed E-state index contributed by atoms with van der Waals surface area (Å²) in [5, 5.41) is 0. The summed E-state index contributed by atoms with van der Waals surface area (Å²) >= 11 is 0. The van der Waals surface area contributed by atoms with Gasteiger partial charge in [0, 0.05) is 22.6 Å². The van der Waals surface area contributed by atoms with E-state index in [-0.39, 0.29) is 0 Å². The highest BCUT2D eigenvalue weighted by Crippen LogP contribution is 2.59. The molecule has 0 N–H and O–H groups in total. The fourth-order valence-electron chi connectivity index (χ4n) is 9.80. The Morgan fingerprint density at radius 2 is 0.642 bits per heavy atom. The summed E-state index contributed by atoms with van der Waals surface area (Å²) < 4.78 is 80.4. The average Bonchev–Trinajstić information content (AvgIpc) is 3.69. The average molecular weight is 880 g/mol. The van der Waals surface area contributed by atoms with Crippen LogP contribution in [0.5, 0.6) is 0 Å². The van der Waals surface area contributed by atoms with E-state index in [4.69, 9.17) is 0 Å². The van der Waals surface area contributed by atoms with Gasteiger partial charge in [0.1, 0.15) is 0 Å². The van der Waals surface area contributed by atoms with Crippen LogP contribution in [-0.2, 0) is 5.41 Å². The summed E-state index contributed by atoms with van der Waals surface area (Å²) in [6.45, 7) is 0. The van der Waals surface area contributed by atoms with Gasteiger partial charge >= 0.3 is 0 Å². The highest BCUT2D eigenvalue weighted by Gasteiger charge is 2.51. The molecule has 0 fully saturated rings. The Balaban J connectivity index is 1.13. The van der Waals surface area contributed by atoms with E-state index in [1.54, 1.807) is 30.3 Å². The molecule has 67 heavy (non-hydrogen) atoms. The predicted molar refractivity (Wildman–Crippen MR) is 260 cm³/mol. The van der Waals surface area contributed by atoms with Crippen LogP contribution >= 0.6 is 0 Å². The second kappa shape index (κ2) is 16.9. The van der Waals surface area contributed by atoms with Crippen molar-refractivity contribution < 1.29 is 22.0 Å². The molecule has 1 atom stereocenters. The second-order valence-corrected chi connectivity index (χ2v) is 16.7. The van der Waals surface area contributed by atoms with Crippen LogP contribution in [0.4, 0.5) is 39.0 Å². The van der Waals surface area contributed by atoms with Crippen LogP contribution < -0.4 is 4.90 Å². The smallest absolute Gasteiger partial charge is 0.200 e. The standard InChI is InChI=1S/C61H38F5N/c62-56-55(57(63)59(65)60(66)58(56)64)61(47-20-12-19-46(37-47)41-17-8-3-9-18-41)53-22-11-10-21-51(53)52-36-35-50(38-54(52)61)67(48-31-27-44(28-32-48)40-15-6-2-7-16-40)49-33-29-45(30-34-49)43-25-23-42(24-26-43)39-13-4-1-5-14-39/h1-38H. The van der Waals surface area contributed by atoms with Gasteiger partial charge in [-0.05, 0) is 115 Å². The Hall–Kier alpha value is -8.35. The number of benzene rings is 10. The zero-order valence-corrected chi connectivity index (χ0v) is 35.8. The lowest BCUT2D eigenvalue weighted by molar-refractivity contribution is 0.363. The zero-order valence-electron chi connectivity index (χ0n) is 35.8. The molecule has 1 aliphatic rings. The van der Waals surface area contributed by atoms with E-state index < -0.39 is 40.1 Å². The maximum absolute atomic E-state index is 16.9. The third-order valence-electron chi connectivity index (χ3n) is 13.0. The van der Waals surface area contributed by atoms with Crippen LogP contribution in [0.2, 0.25) is 0 Å². The summed E-state index contributed by atoms with van der Waals surface area (Å²) in [6.07, 6.45) is 0. The van der Waals surface area contributed by atoms with Gasteiger partial charge in [0.05, 0.1) is 5.41 Å². The van der Waals surface area contributed by atoms with Crippen LogP contribution in [0.15, 0.2) is 231 Å². The van der Waals surface area contributed by atoms with E-state index in [1.807, 2.05) is 157 Å². The highest BCUT2D eigenvalue weighted by atomic mass is 19.2. The van der Waals surface area contributed by atoms with Gasteiger partial charge in [-0.1, -0.05) is 188 Å². The fraction of sp³-hybridized carbons (Fsp3) is 0.0164. The van der Waals surface area contributed by atoms with Gasteiger partial charge in [0.2, 0.25) is 5.82 Å². The summed E-state index contributed by atoms with van der Waals surface area (Å²) in [7, 11) is 0. The van der Waals surface area contributed by atoms with Crippen molar-refractivity contribution in [3.63, 3.8) is 0 Å². The maximum Gasteiger partial charge on any atom is 0.200 e. The molecule has 10 aromatic carbocycles. The normalized spacial score (nSPS) is 13.8. The Morgan fingerprint density at radius 1 is 0.269 bits per heavy atom. The Labute approximate surface area is 385 Å². The van der Waals surface area contributed by atoms with Crippen molar-refractivity contribution in [1.82, 2.24) is 0 Å². The van der Waals surface area contributed by atoms with Crippen LogP contribution in [0, 0.1) is 29.1 Å². The van der Waals surface area contributed by atoms with Gasteiger partial charge in [-0.3, -0.25) is 0 Å². The van der Waals surface area contributed by atoms with E-state index in [2.05, 4.69) is 48.5 Å². The lowest BCUT2D eigenvalue weighted by atomic mass is 9.66. The summed E-state index contributed by atoms with van der Waals surface area (Å²) in [4.78, 5) is 2.05. The van der Waals surface area contributed by atoms with E-state index in [9.17, 15) is 4.39 Å². The minimum atomic E-state index is -2.21. The Kier molecular flexibility index (Phi) is 10.4. The van der Waals surface area contributed by atoms with Crippen LogP contribution in [0.3, 0.4) is 0 Å². The molecule has 10 aromatic rings. The van der Waals surface area contributed by atoms with Gasteiger partial charge in [0.25, 0.3) is 0 Å². The molecule has 0 radical (unpaired) electrons. The largest absolute Gasteiger partial charge is 0.310 e. The molecule has 1 nitrogen and oxygen atoms in total. The van der Waals surface area contributed by atoms with Gasteiger partial charge < -0.3 is 4.90 Å². The van der Waals surface area contributed by atoms with Crippen LogP contribution in [0.25, 0.3) is 55.6 Å². The molecule has 0 saturated carbocycles. The number of anilines is 3. The van der Waals surface area contributed by atoms with Gasteiger partial charge in [-0.2, -0.15) is 0 Å². The van der Waals surface area contributed by atoms with Gasteiger partial charge in [0.15, 0.2) is 23.3 Å². The predicted octanol–water partition coefficient (Wildman–Crippen LogP) is 16.9. The number of halogens is 5. The van der Waals surface area contributed by atoms with Crippen molar-refractivity contribution in [2.45, 2.75) is 5.41 Å². The Morgan fingerprint density at radius 3 is 1.15 bits per heavy atom. The lowest BCUT2D eigenvalue weighted by Gasteiger charge is -2.35. The van der Waals surface area contributed by atoms with Crippen LogP contribution in [0.1, 0.15) is 22.3 Å². The first-order valence-electron chi connectivity index (χ1n) is 21.9. The second-order valence-electron chi connectivity index (χ2n) is 16.7. The molecule has 0 saturated heterocycles. The zero-order chi connectivity index (χ0) is 45.6. The molecule has 0 aliphatic heterocycles. The van der Waals surface area contributed by atoms with Crippen molar-refractivity contribution >= 4 is 17.1 Å². The summed E-state index contributed by atoms with van der Waals surface area (Å²) in [6, 6.07) is 74.2. The van der Waals surface area contributed by atoms with Gasteiger partial charge in [-0.15, -0.1) is 0 Å². The molecule has 0 amide bonds. The molecule has 6 heteroatoms. The summed E-state index contributed by atoms with van der Waals surface area (Å²) in [5.41, 5.74) is 9.35. The molecule has 0 heterocycles. The highest BCUT2D eigenvalue weighted by molar-refractivity contribution is 5.90. The quantitative estimate of drug-likeness (QED) is 0.0793. The van der Waals surface area contributed by atoms with Gasteiger partial charge in [-0.25, -0.2) is 22.0 Å². The van der Waals surface area contributed by atoms with Crippen molar-refractivity contribution in [3.8, 4) is 55.6 Å². The first-order chi connectivity index (χ1) is 32.8. The van der Waals surface area contributed by atoms with Crippen molar-refractivity contribution in [1.29, 1.82) is 0 Å². The third kappa shape index (κ3) is 7.00. The SMILES string of the molecule is Fc1c(F)c(F)c(C2(c3cccc(-c4ccccc4)c3)c3ccccc3-c3ccc(N(c4ccc(-c5ccccc5)cc4)c4ccc(-c5ccc(-c6ccccc6)cc5)cc4)cc32)c(F)c1F. The molecule has 0 spiro atoms. The number of hydrogen-bond acceptors (Lipinski definition) is 1. The molecule has 1 unspecified atom stereocenters. The number of fused-ring (bicyclic) bond motifs is 3. The summed E-state index contributed by atoms with van der Waals surface area (Å²) in [5.74, 6) is -10.0. The van der Waals surface area contributed by atoms with E-state index >= 15 is 17.6 Å². The van der Waals surface area contributed by atoms with Crippen molar-refractivity contribution in [2.24, 2.45) is 0 Å². The molecule has 11 rings (SSSR count). The molecule has 0 aromatic heterocycles. The van der Waals surface area contributed by atoms with Crippen molar-refractivity contribution in [2.75, 3.05) is 4.90 Å². The third-order valence-corrected chi connectivity index (χ3v) is 13.0. The molecule has 1 aliphatic carbocycles. The molecular weight excluding hydrogens is 842 g/mol. The minimum Gasteiger partial charge on any atom is -0.310 e. The minimum absolute atomic E-state index is 0.335. The number of nitrogens with zero attached hydrogens (tertiary/aromatic N) is 1. The number of rotatable bonds is 9. The first-order valence-corrected chi connectivity index (χ1v) is 21.9. The van der Waals surface area contributed by atoms with Crippen LogP contribution in [-0.4, -0.2) is 0 Å². The monoisotopic (exact) mass is 879 g/mol. The van der Waals surface area contributed by atoms with E-state index in [1.165, 1.54) is 0 Å². The molecular formula is C61H38F5N. The van der Waals surface area contributed by atoms with E-state index in [0.717, 1.165) is 50.3 Å². The number of hydrogen-bond donors (Lipinski definition) is 0. The Bertz CT molecular complexity index is 3400. The fourth-order valence-corrected chi connectivity index (χ4v) is 9.80.